The number of rotatable bonds is 1. The molecule has 0 aromatic heterocycles. The first-order valence-electron chi connectivity index (χ1n) is 5.07. The van der Waals surface area contributed by atoms with Gasteiger partial charge in [0.25, 0.3) is 0 Å². The van der Waals surface area contributed by atoms with Crippen LogP contribution in [0.15, 0.2) is 24.3 Å². The Kier molecular flexibility index (Phi) is 2.51. The maximum absolute atomic E-state index is 8.79. The van der Waals surface area contributed by atoms with Gasteiger partial charge in [-0.05, 0) is 36.5 Å². The molecule has 2 heteroatoms. The molecule has 0 unspecified atom stereocenters. The van der Waals surface area contributed by atoms with Crippen LogP contribution in [0, 0.1) is 11.3 Å². The number of nitriles is 1. The average Bonchev–Trinajstić information content (AvgIpc) is 2.65. The maximum Gasteiger partial charge on any atom is 0.0991 e. The van der Waals surface area contributed by atoms with Gasteiger partial charge in [0, 0.05) is 6.04 Å². The van der Waals surface area contributed by atoms with Crippen molar-refractivity contribution < 1.29 is 0 Å². The SMILES string of the molecule is N#Cc1cccc([C@H]2CCC[C@@H]2N)c1. The van der Waals surface area contributed by atoms with Crippen molar-refractivity contribution in [3.05, 3.63) is 35.4 Å². The Morgan fingerprint density at radius 1 is 1.36 bits per heavy atom. The van der Waals surface area contributed by atoms with Crippen molar-refractivity contribution >= 4 is 0 Å². The van der Waals surface area contributed by atoms with Crippen LogP contribution in [0.3, 0.4) is 0 Å². The van der Waals surface area contributed by atoms with Gasteiger partial charge in [0.15, 0.2) is 0 Å². The van der Waals surface area contributed by atoms with Gasteiger partial charge in [-0.2, -0.15) is 5.26 Å². The predicted octanol–water partition coefficient (Wildman–Crippen LogP) is 2.15. The van der Waals surface area contributed by atoms with Crippen molar-refractivity contribution in [3.8, 4) is 6.07 Å². The van der Waals surface area contributed by atoms with E-state index < -0.39 is 0 Å². The largest absolute Gasteiger partial charge is 0.327 e. The normalized spacial score (nSPS) is 26.0. The van der Waals surface area contributed by atoms with Gasteiger partial charge in [0.05, 0.1) is 11.6 Å². The van der Waals surface area contributed by atoms with E-state index in [2.05, 4.69) is 12.1 Å². The van der Waals surface area contributed by atoms with Crippen molar-refractivity contribution in [1.29, 1.82) is 5.26 Å². The minimum Gasteiger partial charge on any atom is -0.327 e. The van der Waals surface area contributed by atoms with E-state index in [0.29, 0.717) is 5.92 Å². The van der Waals surface area contributed by atoms with E-state index in [1.54, 1.807) is 0 Å². The van der Waals surface area contributed by atoms with Gasteiger partial charge >= 0.3 is 0 Å². The molecule has 72 valence electrons. The van der Waals surface area contributed by atoms with E-state index in [-0.39, 0.29) is 6.04 Å². The lowest BCUT2D eigenvalue weighted by molar-refractivity contribution is 0.613. The van der Waals surface area contributed by atoms with Gasteiger partial charge in [-0.25, -0.2) is 0 Å². The summed E-state index contributed by atoms with van der Waals surface area (Å²) >= 11 is 0. The third kappa shape index (κ3) is 1.64. The lowest BCUT2D eigenvalue weighted by atomic mass is 9.93. The summed E-state index contributed by atoms with van der Waals surface area (Å²) in [6, 6.07) is 10.3. The molecule has 0 saturated heterocycles. The second-order valence-corrected chi connectivity index (χ2v) is 3.94. The highest BCUT2D eigenvalue weighted by molar-refractivity contribution is 5.35. The van der Waals surface area contributed by atoms with E-state index >= 15 is 0 Å². The number of hydrogen-bond donors (Lipinski definition) is 1. The third-order valence-corrected chi connectivity index (χ3v) is 3.01. The molecule has 0 radical (unpaired) electrons. The van der Waals surface area contributed by atoms with Crippen LogP contribution in [-0.2, 0) is 0 Å². The van der Waals surface area contributed by atoms with Gasteiger partial charge in [-0.1, -0.05) is 18.6 Å². The summed E-state index contributed by atoms with van der Waals surface area (Å²) in [6.07, 6.45) is 3.49. The summed E-state index contributed by atoms with van der Waals surface area (Å²) < 4.78 is 0. The number of hydrogen-bond acceptors (Lipinski definition) is 2. The van der Waals surface area contributed by atoms with E-state index in [0.717, 1.165) is 18.4 Å². The minimum absolute atomic E-state index is 0.281. The molecule has 2 nitrogen and oxygen atoms in total. The van der Waals surface area contributed by atoms with Crippen LogP contribution in [-0.4, -0.2) is 6.04 Å². The molecule has 0 bridgehead atoms. The van der Waals surface area contributed by atoms with Crippen molar-refractivity contribution in [1.82, 2.24) is 0 Å². The Morgan fingerprint density at radius 3 is 2.86 bits per heavy atom. The zero-order valence-corrected chi connectivity index (χ0v) is 8.11. The Hall–Kier alpha value is -1.33. The highest BCUT2D eigenvalue weighted by atomic mass is 14.7. The van der Waals surface area contributed by atoms with E-state index in [1.165, 1.54) is 12.0 Å². The fourth-order valence-corrected chi connectivity index (χ4v) is 2.24. The molecule has 1 aliphatic carbocycles. The van der Waals surface area contributed by atoms with E-state index in [4.69, 9.17) is 11.0 Å². The molecule has 1 aromatic rings. The second kappa shape index (κ2) is 3.81. The van der Waals surface area contributed by atoms with Crippen molar-refractivity contribution in [2.75, 3.05) is 0 Å². The molecule has 1 fully saturated rings. The van der Waals surface area contributed by atoms with Crippen LogP contribution in [0.2, 0.25) is 0 Å². The van der Waals surface area contributed by atoms with Crippen LogP contribution in [0.5, 0.6) is 0 Å². The van der Waals surface area contributed by atoms with Crippen LogP contribution in [0.4, 0.5) is 0 Å². The van der Waals surface area contributed by atoms with Gasteiger partial charge in [0.2, 0.25) is 0 Å². The van der Waals surface area contributed by atoms with Gasteiger partial charge in [0.1, 0.15) is 0 Å². The molecule has 2 N–H and O–H groups in total. The highest BCUT2D eigenvalue weighted by Crippen LogP contribution is 2.33. The summed E-state index contributed by atoms with van der Waals surface area (Å²) in [5.41, 5.74) is 7.99. The maximum atomic E-state index is 8.79. The number of nitrogens with zero attached hydrogens (tertiary/aromatic N) is 1. The van der Waals surface area contributed by atoms with Crippen LogP contribution in [0.1, 0.15) is 36.3 Å². The average molecular weight is 186 g/mol. The topological polar surface area (TPSA) is 49.8 Å². The summed E-state index contributed by atoms with van der Waals surface area (Å²) in [4.78, 5) is 0. The monoisotopic (exact) mass is 186 g/mol. The standard InChI is InChI=1S/C12H14N2/c13-8-9-3-1-4-10(7-9)11-5-2-6-12(11)14/h1,3-4,7,11-12H,2,5-6,14H2/t11-,12+/m1/s1. The zero-order valence-electron chi connectivity index (χ0n) is 8.11. The first kappa shape index (κ1) is 9.23. The summed E-state index contributed by atoms with van der Waals surface area (Å²) in [7, 11) is 0. The minimum atomic E-state index is 0.281. The quantitative estimate of drug-likeness (QED) is 0.730. The van der Waals surface area contributed by atoms with E-state index in [9.17, 15) is 0 Å². The fourth-order valence-electron chi connectivity index (χ4n) is 2.24. The fraction of sp³-hybridized carbons (Fsp3) is 0.417. The Bertz CT molecular complexity index is 365. The van der Waals surface area contributed by atoms with Crippen molar-refractivity contribution in [3.63, 3.8) is 0 Å². The molecular weight excluding hydrogens is 172 g/mol. The van der Waals surface area contributed by atoms with Crippen LogP contribution < -0.4 is 5.73 Å². The molecule has 0 aliphatic heterocycles. The van der Waals surface area contributed by atoms with Crippen molar-refractivity contribution in [2.24, 2.45) is 5.73 Å². The number of nitrogens with two attached hydrogens (primary N) is 1. The van der Waals surface area contributed by atoms with Crippen LogP contribution >= 0.6 is 0 Å². The molecule has 1 saturated carbocycles. The molecule has 0 amide bonds. The molecule has 2 rings (SSSR count). The Labute approximate surface area is 84.3 Å². The molecule has 2 atom stereocenters. The van der Waals surface area contributed by atoms with Crippen LogP contribution in [0.25, 0.3) is 0 Å². The zero-order chi connectivity index (χ0) is 9.97. The smallest absolute Gasteiger partial charge is 0.0991 e. The molecule has 0 spiro atoms. The Morgan fingerprint density at radius 2 is 2.21 bits per heavy atom. The predicted molar refractivity (Wildman–Crippen MR) is 55.7 cm³/mol. The van der Waals surface area contributed by atoms with Gasteiger partial charge in [-0.15, -0.1) is 0 Å². The molecule has 1 aromatic carbocycles. The van der Waals surface area contributed by atoms with Crippen molar-refractivity contribution in [2.45, 2.75) is 31.2 Å². The van der Waals surface area contributed by atoms with E-state index in [1.807, 2.05) is 18.2 Å². The summed E-state index contributed by atoms with van der Waals surface area (Å²) in [5, 5.41) is 8.79. The number of benzene rings is 1. The molecule has 14 heavy (non-hydrogen) atoms. The van der Waals surface area contributed by atoms with Gasteiger partial charge in [-0.3, -0.25) is 0 Å². The summed E-state index contributed by atoms with van der Waals surface area (Å²) in [6.45, 7) is 0. The molecular formula is C12H14N2. The second-order valence-electron chi connectivity index (χ2n) is 3.94. The first-order chi connectivity index (χ1) is 6.81. The summed E-state index contributed by atoms with van der Waals surface area (Å²) in [5.74, 6) is 0.461. The molecule has 1 aliphatic rings. The first-order valence-corrected chi connectivity index (χ1v) is 5.07. The lowest BCUT2D eigenvalue weighted by Gasteiger charge is -2.15. The molecule has 0 heterocycles. The highest BCUT2D eigenvalue weighted by Gasteiger charge is 2.25. The van der Waals surface area contributed by atoms with Gasteiger partial charge < -0.3 is 5.73 Å². The third-order valence-electron chi connectivity index (χ3n) is 3.01. The Balaban J connectivity index is 2.28. The lowest BCUT2D eigenvalue weighted by Crippen LogP contribution is -2.22.